The molecule has 0 atom stereocenters. The molecule has 1 aromatic carbocycles. The smallest absolute Gasteiger partial charge is 0.355 e. The van der Waals surface area contributed by atoms with Gasteiger partial charge in [0.1, 0.15) is 12.3 Å². The van der Waals surface area contributed by atoms with Gasteiger partial charge in [0, 0.05) is 31.2 Å². The average Bonchev–Trinajstić information content (AvgIpc) is 3.00. The highest BCUT2D eigenvalue weighted by Gasteiger charge is 2.29. The van der Waals surface area contributed by atoms with E-state index < -0.39 is 11.9 Å². The first-order valence-electron chi connectivity index (χ1n) is 9.49. The van der Waals surface area contributed by atoms with Gasteiger partial charge in [0.05, 0.1) is 19.8 Å². The summed E-state index contributed by atoms with van der Waals surface area (Å²) >= 11 is 0. The number of aryl methyl sites for hydroxylation is 1. The summed E-state index contributed by atoms with van der Waals surface area (Å²) < 4.78 is 14.8. The van der Waals surface area contributed by atoms with Crippen LogP contribution in [0.1, 0.15) is 12.0 Å². The Hall–Kier alpha value is -3.39. The first kappa shape index (κ1) is 21.3. The molecule has 0 saturated carbocycles. The number of nitrogens with zero attached hydrogens (tertiary/aromatic N) is 2. The van der Waals surface area contributed by atoms with Gasteiger partial charge in [0.25, 0.3) is 5.91 Å². The molecule has 3 rings (SSSR count). The second kappa shape index (κ2) is 9.41. The first-order chi connectivity index (χ1) is 14.5. The van der Waals surface area contributed by atoms with E-state index in [-0.39, 0.29) is 23.8 Å². The lowest BCUT2D eigenvalue weighted by Crippen LogP contribution is -2.38. The fraction of sp³-hybridized carbons (Fsp3) is 0.318. The number of hydrogen-bond donors (Lipinski definition) is 0. The lowest BCUT2D eigenvalue weighted by atomic mass is 10.0. The van der Waals surface area contributed by atoms with Crippen molar-refractivity contribution in [2.75, 3.05) is 44.3 Å². The van der Waals surface area contributed by atoms with Crippen LogP contribution in [-0.2, 0) is 35.0 Å². The molecule has 0 unspecified atom stereocenters. The summed E-state index contributed by atoms with van der Waals surface area (Å²) in [6, 6.07) is 5.60. The van der Waals surface area contributed by atoms with E-state index in [4.69, 9.17) is 14.2 Å². The van der Waals surface area contributed by atoms with Crippen molar-refractivity contribution in [3.05, 3.63) is 59.5 Å². The molecule has 1 aromatic rings. The van der Waals surface area contributed by atoms with Crippen LogP contribution < -0.4 is 9.80 Å². The molecule has 2 aliphatic heterocycles. The molecule has 0 saturated heterocycles. The van der Waals surface area contributed by atoms with E-state index in [2.05, 4.69) is 0 Å². The molecule has 0 aromatic heterocycles. The number of amides is 1. The Morgan fingerprint density at radius 1 is 1.03 bits per heavy atom. The maximum absolute atomic E-state index is 12.6. The molecule has 0 N–H and O–H groups in total. The van der Waals surface area contributed by atoms with Gasteiger partial charge < -0.3 is 24.0 Å². The minimum Gasteiger partial charge on any atom is -0.465 e. The quantitative estimate of drug-likeness (QED) is 0.685. The highest BCUT2D eigenvalue weighted by atomic mass is 16.5. The number of anilines is 2. The van der Waals surface area contributed by atoms with E-state index in [1.807, 2.05) is 18.2 Å². The zero-order valence-corrected chi connectivity index (χ0v) is 17.2. The summed E-state index contributed by atoms with van der Waals surface area (Å²) in [6.07, 6.45) is 8.20. The van der Waals surface area contributed by atoms with E-state index in [1.165, 1.54) is 27.4 Å². The van der Waals surface area contributed by atoms with Gasteiger partial charge in [-0.3, -0.25) is 4.79 Å². The molecule has 158 valence electrons. The number of carbonyl (C=O) groups is 3. The molecular weight excluding hydrogens is 388 g/mol. The molecule has 0 fully saturated rings. The Balaban J connectivity index is 2.11. The van der Waals surface area contributed by atoms with E-state index in [0.717, 1.165) is 24.1 Å². The van der Waals surface area contributed by atoms with Crippen LogP contribution in [0, 0.1) is 0 Å². The highest BCUT2D eigenvalue weighted by Crippen LogP contribution is 2.34. The minimum absolute atomic E-state index is 0.0169. The van der Waals surface area contributed by atoms with E-state index >= 15 is 0 Å². The maximum Gasteiger partial charge on any atom is 0.355 e. The number of hydrogen-bond acceptors (Lipinski definition) is 7. The number of benzene rings is 1. The Morgan fingerprint density at radius 3 is 2.50 bits per heavy atom. The number of carbonyl (C=O) groups excluding carboxylic acids is 3. The summed E-state index contributed by atoms with van der Waals surface area (Å²) in [4.78, 5) is 40.7. The molecule has 8 nitrogen and oxygen atoms in total. The third-order valence-electron chi connectivity index (χ3n) is 4.92. The molecule has 0 aliphatic carbocycles. The van der Waals surface area contributed by atoms with Crippen LogP contribution in [0.25, 0.3) is 0 Å². The lowest BCUT2D eigenvalue weighted by molar-refractivity contribution is -0.139. The Bertz CT molecular complexity index is 947. The van der Waals surface area contributed by atoms with Crippen LogP contribution in [0.5, 0.6) is 0 Å². The zero-order chi connectivity index (χ0) is 21.7. The van der Waals surface area contributed by atoms with Crippen LogP contribution in [0.15, 0.2) is 53.9 Å². The molecule has 0 bridgehead atoms. The number of ether oxygens (including phenoxy) is 3. The van der Waals surface area contributed by atoms with E-state index in [0.29, 0.717) is 12.2 Å². The lowest BCUT2D eigenvalue weighted by Gasteiger charge is -2.31. The van der Waals surface area contributed by atoms with Crippen molar-refractivity contribution in [1.29, 1.82) is 0 Å². The second-order valence-corrected chi connectivity index (χ2v) is 6.71. The van der Waals surface area contributed by atoms with Crippen LogP contribution in [-0.4, -0.2) is 52.3 Å². The van der Waals surface area contributed by atoms with Gasteiger partial charge in [-0.05, 0) is 42.7 Å². The largest absolute Gasteiger partial charge is 0.465 e. The topological polar surface area (TPSA) is 85.4 Å². The second-order valence-electron chi connectivity index (χ2n) is 6.71. The van der Waals surface area contributed by atoms with Gasteiger partial charge in [-0.15, -0.1) is 0 Å². The predicted molar refractivity (Wildman–Crippen MR) is 111 cm³/mol. The van der Waals surface area contributed by atoms with Crippen molar-refractivity contribution < 1.29 is 28.6 Å². The number of rotatable bonds is 5. The fourth-order valence-electron chi connectivity index (χ4n) is 3.54. The van der Waals surface area contributed by atoms with Gasteiger partial charge in [0.15, 0.2) is 0 Å². The van der Waals surface area contributed by atoms with Gasteiger partial charge >= 0.3 is 11.9 Å². The molecular formula is C22H24N2O6. The standard InChI is InChI=1S/C22H24N2O6/c1-28-14-19(25)24-12-6-7-15-9-10-16(13-18(15)24)23-11-5-4-8-17(21(26)29-2)20(23)22(27)30-3/h4-5,8-11,13H,6-7,12,14H2,1-3H3. The zero-order valence-electron chi connectivity index (χ0n) is 17.2. The Kier molecular flexibility index (Phi) is 6.68. The summed E-state index contributed by atoms with van der Waals surface area (Å²) in [5.41, 5.74) is 2.49. The number of fused-ring (bicyclic) bond motifs is 1. The molecule has 0 spiro atoms. The monoisotopic (exact) mass is 412 g/mol. The van der Waals surface area contributed by atoms with Crippen molar-refractivity contribution in [3.63, 3.8) is 0 Å². The Morgan fingerprint density at radius 2 is 1.80 bits per heavy atom. The van der Waals surface area contributed by atoms with Crippen molar-refractivity contribution in [3.8, 4) is 0 Å². The van der Waals surface area contributed by atoms with Gasteiger partial charge in [-0.1, -0.05) is 12.1 Å². The van der Waals surface area contributed by atoms with Crippen molar-refractivity contribution in [1.82, 2.24) is 0 Å². The molecule has 1 amide bonds. The van der Waals surface area contributed by atoms with E-state index in [9.17, 15) is 14.4 Å². The molecule has 2 heterocycles. The van der Waals surface area contributed by atoms with Gasteiger partial charge in [-0.2, -0.15) is 0 Å². The number of methoxy groups -OCH3 is 3. The van der Waals surface area contributed by atoms with Crippen molar-refractivity contribution >= 4 is 29.2 Å². The van der Waals surface area contributed by atoms with Crippen molar-refractivity contribution in [2.45, 2.75) is 12.8 Å². The van der Waals surface area contributed by atoms with Crippen LogP contribution in [0.2, 0.25) is 0 Å². The molecule has 2 aliphatic rings. The normalized spacial score (nSPS) is 15.6. The minimum atomic E-state index is -0.684. The number of allylic oxidation sites excluding steroid dienone is 2. The molecule has 8 heteroatoms. The Labute approximate surface area is 175 Å². The fourth-order valence-corrected chi connectivity index (χ4v) is 3.54. The highest BCUT2D eigenvalue weighted by molar-refractivity contribution is 6.05. The maximum atomic E-state index is 12.6. The van der Waals surface area contributed by atoms with Crippen LogP contribution >= 0.6 is 0 Å². The third kappa shape index (κ3) is 4.13. The average molecular weight is 412 g/mol. The SMILES string of the molecule is COCC(=O)N1CCCc2ccc(N3C=CC=CC(C(=O)OC)=C3C(=O)OC)cc21. The van der Waals surface area contributed by atoms with Crippen molar-refractivity contribution in [2.24, 2.45) is 0 Å². The van der Waals surface area contributed by atoms with Gasteiger partial charge in [-0.25, -0.2) is 9.59 Å². The summed E-state index contributed by atoms with van der Waals surface area (Å²) in [7, 11) is 3.98. The molecule has 30 heavy (non-hydrogen) atoms. The van der Waals surface area contributed by atoms with Crippen LogP contribution in [0.4, 0.5) is 11.4 Å². The predicted octanol–water partition coefficient (Wildman–Crippen LogP) is 2.10. The van der Waals surface area contributed by atoms with Crippen LogP contribution in [0.3, 0.4) is 0 Å². The summed E-state index contributed by atoms with van der Waals surface area (Å²) in [5, 5.41) is 0. The summed E-state index contributed by atoms with van der Waals surface area (Å²) in [5.74, 6) is -1.48. The number of esters is 2. The molecule has 0 radical (unpaired) electrons. The van der Waals surface area contributed by atoms with Gasteiger partial charge in [0.2, 0.25) is 0 Å². The first-order valence-corrected chi connectivity index (χ1v) is 9.49. The third-order valence-corrected chi connectivity index (χ3v) is 4.92. The summed E-state index contributed by atoms with van der Waals surface area (Å²) in [6.45, 7) is 0.570. The van der Waals surface area contributed by atoms with E-state index in [1.54, 1.807) is 28.2 Å².